The number of rotatable bonds is 6. The lowest BCUT2D eigenvalue weighted by atomic mass is 10.0. The van der Waals surface area contributed by atoms with Gasteiger partial charge >= 0.3 is 5.97 Å². The Hall–Kier alpha value is -2.12. The molecule has 2 heterocycles. The molecule has 3 rings (SSSR count). The van der Waals surface area contributed by atoms with Gasteiger partial charge in [0.1, 0.15) is 0 Å². The van der Waals surface area contributed by atoms with Crippen molar-refractivity contribution in [1.29, 1.82) is 0 Å². The molecule has 2 fully saturated rings. The molecule has 0 unspecified atom stereocenters. The maximum absolute atomic E-state index is 11.6. The van der Waals surface area contributed by atoms with Gasteiger partial charge in [0.05, 0.1) is 5.69 Å². The molecule has 2 aliphatic heterocycles. The summed E-state index contributed by atoms with van der Waals surface area (Å²) in [5, 5.41) is 6.06. The van der Waals surface area contributed by atoms with Crippen molar-refractivity contribution in [3.05, 3.63) is 18.2 Å². The molecule has 0 bridgehead atoms. The molecule has 1 amide bonds. The Balaban J connectivity index is 1.64. The Bertz CT molecular complexity index is 623. The van der Waals surface area contributed by atoms with E-state index in [9.17, 15) is 9.59 Å². The van der Waals surface area contributed by atoms with Gasteiger partial charge in [0.25, 0.3) is 0 Å². The van der Waals surface area contributed by atoms with Crippen LogP contribution in [0.1, 0.15) is 26.2 Å². The van der Waals surface area contributed by atoms with Crippen LogP contribution < -0.4 is 20.3 Å². The van der Waals surface area contributed by atoms with Crippen LogP contribution in [-0.2, 0) is 9.59 Å². The molecule has 0 spiro atoms. The van der Waals surface area contributed by atoms with Gasteiger partial charge in [0, 0.05) is 44.3 Å². The van der Waals surface area contributed by atoms with E-state index in [1.165, 1.54) is 12.8 Å². The summed E-state index contributed by atoms with van der Waals surface area (Å²) in [5.41, 5.74) is 1.57. The SMILES string of the molecule is CCC(=O)Oc1ccc(N2CCN(C3CCNCC3)CC2)cc1NC=O. The van der Waals surface area contributed by atoms with Crippen LogP contribution in [0.5, 0.6) is 5.75 Å². The highest BCUT2D eigenvalue weighted by Gasteiger charge is 2.25. The number of piperazine rings is 1. The first kappa shape index (κ1) is 18.7. The van der Waals surface area contributed by atoms with Gasteiger partial charge in [-0.05, 0) is 44.1 Å². The summed E-state index contributed by atoms with van der Waals surface area (Å²) in [5.74, 6) is 0.0725. The number of hydrogen-bond acceptors (Lipinski definition) is 6. The van der Waals surface area contributed by atoms with Crippen molar-refractivity contribution in [1.82, 2.24) is 10.2 Å². The van der Waals surface area contributed by atoms with Crippen molar-refractivity contribution in [3.63, 3.8) is 0 Å². The van der Waals surface area contributed by atoms with Gasteiger partial charge in [-0.1, -0.05) is 6.92 Å². The minimum Gasteiger partial charge on any atom is -0.424 e. The van der Waals surface area contributed by atoms with E-state index in [-0.39, 0.29) is 5.97 Å². The highest BCUT2D eigenvalue weighted by atomic mass is 16.5. The van der Waals surface area contributed by atoms with Crippen LogP contribution in [0.3, 0.4) is 0 Å². The molecule has 7 nitrogen and oxygen atoms in total. The molecule has 2 saturated heterocycles. The lowest BCUT2D eigenvalue weighted by Crippen LogP contribution is -2.52. The number of amides is 1. The van der Waals surface area contributed by atoms with E-state index in [0.717, 1.165) is 45.0 Å². The van der Waals surface area contributed by atoms with Crippen molar-refractivity contribution >= 4 is 23.8 Å². The van der Waals surface area contributed by atoms with E-state index in [1.807, 2.05) is 12.1 Å². The fourth-order valence-electron chi connectivity index (χ4n) is 3.69. The van der Waals surface area contributed by atoms with Crippen LogP contribution in [0.25, 0.3) is 0 Å². The Kier molecular flexibility index (Phi) is 6.46. The number of piperidine rings is 1. The summed E-state index contributed by atoms with van der Waals surface area (Å²) in [4.78, 5) is 27.4. The van der Waals surface area contributed by atoms with Crippen molar-refractivity contribution in [2.45, 2.75) is 32.2 Å². The largest absolute Gasteiger partial charge is 0.424 e. The van der Waals surface area contributed by atoms with Gasteiger partial charge in [-0.2, -0.15) is 0 Å². The number of carbonyl (C=O) groups is 2. The number of nitrogens with one attached hydrogen (secondary N) is 2. The lowest BCUT2D eigenvalue weighted by molar-refractivity contribution is -0.134. The second-order valence-electron chi connectivity index (χ2n) is 6.77. The average Bonchev–Trinajstić information content (AvgIpc) is 2.70. The summed E-state index contributed by atoms with van der Waals surface area (Å²) < 4.78 is 5.29. The van der Waals surface area contributed by atoms with Gasteiger partial charge in [-0.3, -0.25) is 14.5 Å². The molecule has 0 radical (unpaired) electrons. The maximum atomic E-state index is 11.6. The fraction of sp³-hybridized carbons (Fsp3) is 0.579. The molecule has 0 aliphatic carbocycles. The fourth-order valence-corrected chi connectivity index (χ4v) is 3.69. The number of anilines is 2. The van der Waals surface area contributed by atoms with E-state index in [0.29, 0.717) is 30.3 Å². The van der Waals surface area contributed by atoms with Crippen molar-refractivity contribution in [3.8, 4) is 5.75 Å². The Morgan fingerprint density at radius 2 is 2.00 bits per heavy atom. The molecule has 26 heavy (non-hydrogen) atoms. The first-order valence-electron chi connectivity index (χ1n) is 9.46. The van der Waals surface area contributed by atoms with Crippen LogP contribution in [0.2, 0.25) is 0 Å². The molecule has 2 aliphatic rings. The predicted octanol–water partition coefficient (Wildman–Crippen LogP) is 1.44. The van der Waals surface area contributed by atoms with Crippen molar-refractivity contribution in [2.75, 3.05) is 49.5 Å². The number of carbonyl (C=O) groups excluding carboxylic acids is 2. The molecule has 7 heteroatoms. The second kappa shape index (κ2) is 9.00. The number of benzene rings is 1. The molecule has 1 aromatic carbocycles. The quantitative estimate of drug-likeness (QED) is 0.454. The molecular weight excluding hydrogens is 332 g/mol. The number of nitrogens with zero attached hydrogens (tertiary/aromatic N) is 2. The minimum atomic E-state index is -0.317. The third kappa shape index (κ3) is 4.53. The van der Waals surface area contributed by atoms with Crippen LogP contribution >= 0.6 is 0 Å². The summed E-state index contributed by atoms with van der Waals surface area (Å²) in [6, 6.07) is 6.29. The number of ether oxygens (including phenoxy) is 1. The molecule has 0 atom stereocenters. The van der Waals surface area contributed by atoms with Gasteiger partial charge in [0.15, 0.2) is 5.75 Å². The Morgan fingerprint density at radius 1 is 1.27 bits per heavy atom. The van der Waals surface area contributed by atoms with Crippen LogP contribution in [0, 0.1) is 0 Å². The average molecular weight is 360 g/mol. The lowest BCUT2D eigenvalue weighted by Gasteiger charge is -2.41. The highest BCUT2D eigenvalue weighted by molar-refractivity contribution is 5.81. The monoisotopic (exact) mass is 360 g/mol. The van der Waals surface area contributed by atoms with Crippen molar-refractivity contribution < 1.29 is 14.3 Å². The topological polar surface area (TPSA) is 73.9 Å². The number of esters is 1. The van der Waals surface area contributed by atoms with Crippen molar-refractivity contribution in [2.24, 2.45) is 0 Å². The predicted molar refractivity (Wildman–Crippen MR) is 102 cm³/mol. The summed E-state index contributed by atoms with van der Waals surface area (Å²) >= 11 is 0. The Morgan fingerprint density at radius 3 is 2.65 bits per heavy atom. The number of hydrogen-bond donors (Lipinski definition) is 2. The van der Waals surface area contributed by atoms with Gasteiger partial charge in [-0.15, -0.1) is 0 Å². The smallest absolute Gasteiger partial charge is 0.310 e. The van der Waals surface area contributed by atoms with Crippen LogP contribution in [0.15, 0.2) is 18.2 Å². The zero-order valence-corrected chi connectivity index (χ0v) is 15.4. The minimum absolute atomic E-state index is 0.293. The molecule has 142 valence electrons. The van der Waals surface area contributed by atoms with E-state index in [4.69, 9.17) is 4.74 Å². The van der Waals surface area contributed by atoms with E-state index >= 15 is 0 Å². The summed E-state index contributed by atoms with van der Waals surface area (Å²) in [7, 11) is 0. The van der Waals surface area contributed by atoms with Gasteiger partial charge in [0.2, 0.25) is 6.41 Å². The van der Waals surface area contributed by atoms with Gasteiger partial charge in [-0.25, -0.2) is 0 Å². The molecular formula is C19H28N4O3. The highest BCUT2D eigenvalue weighted by Crippen LogP contribution is 2.30. The summed E-state index contributed by atoms with van der Waals surface area (Å²) in [6.07, 6.45) is 3.36. The molecule has 2 N–H and O–H groups in total. The third-order valence-electron chi connectivity index (χ3n) is 5.19. The van der Waals surface area contributed by atoms with E-state index in [1.54, 1.807) is 13.0 Å². The van der Waals surface area contributed by atoms with Gasteiger partial charge < -0.3 is 20.3 Å². The second-order valence-corrected chi connectivity index (χ2v) is 6.77. The molecule has 1 aromatic rings. The summed E-state index contributed by atoms with van der Waals surface area (Å²) in [6.45, 7) is 7.98. The van der Waals surface area contributed by atoms with E-state index < -0.39 is 0 Å². The van der Waals surface area contributed by atoms with Crippen LogP contribution in [0.4, 0.5) is 11.4 Å². The maximum Gasteiger partial charge on any atom is 0.310 e. The first-order valence-corrected chi connectivity index (χ1v) is 9.46. The van der Waals surface area contributed by atoms with E-state index in [2.05, 4.69) is 20.4 Å². The first-order chi connectivity index (χ1) is 12.7. The standard InChI is InChI=1S/C19H28N4O3/c1-2-19(25)26-18-4-3-16(13-17(18)21-14-24)23-11-9-22(10-12-23)15-5-7-20-8-6-15/h3-4,13-15,20H,2,5-12H2,1H3,(H,21,24). The molecule has 0 aromatic heterocycles. The zero-order chi connectivity index (χ0) is 18.4. The normalized spacial score (nSPS) is 19.2. The molecule has 0 saturated carbocycles. The third-order valence-corrected chi connectivity index (χ3v) is 5.19. The zero-order valence-electron chi connectivity index (χ0n) is 15.4. The van der Waals surface area contributed by atoms with Crippen LogP contribution in [-0.4, -0.2) is 62.6 Å². The Labute approximate surface area is 154 Å².